The van der Waals surface area contributed by atoms with Crippen LogP contribution in [-0.4, -0.2) is 29.9 Å². The van der Waals surface area contributed by atoms with E-state index in [1.807, 2.05) is 23.1 Å². The van der Waals surface area contributed by atoms with Gasteiger partial charge in [0.05, 0.1) is 0 Å². The number of carbonyl (C=O) groups excluding carboxylic acids is 1. The Morgan fingerprint density at radius 3 is 2.57 bits per heavy atom. The summed E-state index contributed by atoms with van der Waals surface area (Å²) in [7, 11) is 0. The lowest BCUT2D eigenvalue weighted by Crippen LogP contribution is -2.42. The molecule has 2 rings (SSSR count). The largest absolute Gasteiger partial charge is 0.427 e. The number of esters is 1. The van der Waals surface area contributed by atoms with Gasteiger partial charge in [-0.2, -0.15) is 0 Å². The summed E-state index contributed by atoms with van der Waals surface area (Å²) in [6, 6.07) is 9.17. The predicted molar refractivity (Wildman–Crippen MR) is 82.1 cm³/mol. The van der Waals surface area contributed by atoms with Gasteiger partial charge in [-0.1, -0.05) is 18.2 Å². The van der Waals surface area contributed by atoms with Gasteiger partial charge in [0, 0.05) is 19.5 Å². The molecule has 1 aromatic rings. The first-order valence-corrected chi connectivity index (χ1v) is 7.50. The number of hydrogen-bond donors (Lipinski definition) is 2. The Balaban J connectivity index is 1.62. The highest BCUT2D eigenvalue weighted by molar-refractivity contribution is 5.74. The van der Waals surface area contributed by atoms with Crippen molar-refractivity contribution in [1.29, 1.82) is 5.41 Å². The van der Waals surface area contributed by atoms with Gasteiger partial charge in [-0.3, -0.25) is 10.2 Å². The average molecular weight is 289 g/mol. The number of ether oxygens (including phenoxy) is 1. The van der Waals surface area contributed by atoms with Crippen LogP contribution < -0.4 is 10.5 Å². The second kappa shape index (κ2) is 7.67. The molecule has 0 amide bonds. The maximum atomic E-state index is 11.7. The van der Waals surface area contributed by atoms with Crippen LogP contribution in [0, 0.1) is 11.3 Å². The molecule has 0 radical (unpaired) electrons. The molecular formula is C16H23N3O2. The lowest BCUT2D eigenvalue weighted by Gasteiger charge is -2.32. The summed E-state index contributed by atoms with van der Waals surface area (Å²) in [5.41, 5.74) is 5.47. The van der Waals surface area contributed by atoms with E-state index in [0.717, 1.165) is 38.8 Å². The van der Waals surface area contributed by atoms with E-state index in [2.05, 4.69) is 0 Å². The zero-order valence-corrected chi connectivity index (χ0v) is 12.3. The minimum atomic E-state index is -0.164. The lowest BCUT2D eigenvalue weighted by molar-refractivity contribution is -0.134. The fourth-order valence-corrected chi connectivity index (χ4v) is 2.67. The molecule has 21 heavy (non-hydrogen) atoms. The van der Waals surface area contributed by atoms with E-state index in [4.69, 9.17) is 15.9 Å². The second-order valence-electron chi connectivity index (χ2n) is 5.50. The first kappa shape index (κ1) is 15.4. The average Bonchev–Trinajstić information content (AvgIpc) is 2.49. The Morgan fingerprint density at radius 1 is 1.29 bits per heavy atom. The van der Waals surface area contributed by atoms with E-state index in [0.29, 0.717) is 18.1 Å². The molecule has 1 aromatic carbocycles. The standard InChI is InChI=1S/C16H23N3O2/c17-16(18)19-11-9-13(10-12-19)5-4-8-15(20)21-14-6-2-1-3-7-14/h1-3,6-7,13H,4-5,8-12H2,(H3,17,18). The highest BCUT2D eigenvalue weighted by atomic mass is 16.5. The Kier molecular flexibility index (Phi) is 5.60. The van der Waals surface area contributed by atoms with Crippen LogP contribution in [0.15, 0.2) is 30.3 Å². The third-order valence-corrected chi connectivity index (χ3v) is 3.92. The van der Waals surface area contributed by atoms with Crippen molar-refractivity contribution in [1.82, 2.24) is 4.90 Å². The van der Waals surface area contributed by atoms with Crippen LogP contribution in [-0.2, 0) is 4.79 Å². The molecule has 1 saturated heterocycles. The Labute approximate surface area is 125 Å². The molecule has 1 fully saturated rings. The third kappa shape index (κ3) is 5.10. The Hall–Kier alpha value is -2.04. The number of para-hydroxylation sites is 1. The van der Waals surface area contributed by atoms with Crippen molar-refractivity contribution in [3.63, 3.8) is 0 Å². The molecule has 1 heterocycles. The van der Waals surface area contributed by atoms with Crippen LogP contribution in [0.25, 0.3) is 0 Å². The van der Waals surface area contributed by atoms with E-state index in [9.17, 15) is 4.79 Å². The van der Waals surface area contributed by atoms with Crippen molar-refractivity contribution in [3.05, 3.63) is 30.3 Å². The van der Waals surface area contributed by atoms with Crippen LogP contribution >= 0.6 is 0 Å². The molecule has 0 unspecified atom stereocenters. The van der Waals surface area contributed by atoms with Gasteiger partial charge in [-0.05, 0) is 43.7 Å². The summed E-state index contributed by atoms with van der Waals surface area (Å²) in [4.78, 5) is 13.6. The Morgan fingerprint density at radius 2 is 1.95 bits per heavy atom. The number of rotatable bonds is 5. The van der Waals surface area contributed by atoms with Gasteiger partial charge in [0.2, 0.25) is 0 Å². The van der Waals surface area contributed by atoms with Crippen molar-refractivity contribution in [2.24, 2.45) is 11.7 Å². The van der Waals surface area contributed by atoms with Crippen molar-refractivity contribution >= 4 is 11.9 Å². The predicted octanol–water partition coefficient (Wildman–Crippen LogP) is 2.37. The summed E-state index contributed by atoms with van der Waals surface area (Å²) in [6.07, 6.45) is 4.45. The Bertz CT molecular complexity index is 468. The van der Waals surface area contributed by atoms with Crippen molar-refractivity contribution in [2.45, 2.75) is 32.1 Å². The summed E-state index contributed by atoms with van der Waals surface area (Å²) in [5, 5.41) is 7.40. The number of nitrogens with two attached hydrogens (primary N) is 1. The molecule has 5 nitrogen and oxygen atoms in total. The molecule has 1 aliphatic rings. The number of nitrogens with zero attached hydrogens (tertiary/aromatic N) is 1. The van der Waals surface area contributed by atoms with Crippen molar-refractivity contribution in [2.75, 3.05) is 13.1 Å². The van der Waals surface area contributed by atoms with Crippen LogP contribution in [0.2, 0.25) is 0 Å². The first-order chi connectivity index (χ1) is 10.1. The quantitative estimate of drug-likeness (QED) is 0.377. The number of nitrogens with one attached hydrogen (secondary N) is 1. The van der Waals surface area contributed by atoms with E-state index in [1.54, 1.807) is 12.1 Å². The maximum absolute atomic E-state index is 11.7. The topological polar surface area (TPSA) is 79.4 Å². The van der Waals surface area contributed by atoms with E-state index >= 15 is 0 Å². The van der Waals surface area contributed by atoms with Gasteiger partial charge in [-0.25, -0.2) is 0 Å². The monoisotopic (exact) mass is 289 g/mol. The zero-order chi connectivity index (χ0) is 15.1. The van der Waals surface area contributed by atoms with E-state index in [1.165, 1.54) is 0 Å². The number of carbonyl (C=O) groups is 1. The number of likely N-dealkylation sites (tertiary alicyclic amines) is 1. The normalized spacial score (nSPS) is 15.7. The number of piperidine rings is 1. The molecule has 0 aromatic heterocycles. The van der Waals surface area contributed by atoms with Crippen LogP contribution in [0.5, 0.6) is 5.75 Å². The zero-order valence-electron chi connectivity index (χ0n) is 12.3. The summed E-state index contributed by atoms with van der Waals surface area (Å²) < 4.78 is 5.26. The maximum Gasteiger partial charge on any atom is 0.311 e. The van der Waals surface area contributed by atoms with Gasteiger partial charge in [0.15, 0.2) is 5.96 Å². The number of hydrogen-bond acceptors (Lipinski definition) is 3. The van der Waals surface area contributed by atoms with E-state index < -0.39 is 0 Å². The molecule has 0 atom stereocenters. The van der Waals surface area contributed by atoms with Gasteiger partial charge >= 0.3 is 5.97 Å². The highest BCUT2D eigenvalue weighted by Gasteiger charge is 2.19. The molecule has 1 aliphatic heterocycles. The third-order valence-electron chi connectivity index (χ3n) is 3.92. The van der Waals surface area contributed by atoms with Crippen LogP contribution in [0.3, 0.4) is 0 Å². The molecule has 0 spiro atoms. The van der Waals surface area contributed by atoms with Crippen LogP contribution in [0.1, 0.15) is 32.1 Å². The molecule has 0 aliphatic carbocycles. The first-order valence-electron chi connectivity index (χ1n) is 7.50. The lowest BCUT2D eigenvalue weighted by atomic mass is 9.92. The SMILES string of the molecule is N=C(N)N1CCC(CCCC(=O)Oc2ccccc2)CC1. The van der Waals surface area contributed by atoms with Gasteiger partial charge in [-0.15, -0.1) is 0 Å². The number of benzene rings is 1. The summed E-state index contributed by atoms with van der Waals surface area (Å²) in [5.74, 6) is 1.24. The summed E-state index contributed by atoms with van der Waals surface area (Å²) >= 11 is 0. The smallest absolute Gasteiger partial charge is 0.311 e. The molecule has 0 saturated carbocycles. The van der Waals surface area contributed by atoms with E-state index in [-0.39, 0.29) is 11.9 Å². The fraction of sp³-hybridized carbons (Fsp3) is 0.500. The highest BCUT2D eigenvalue weighted by Crippen LogP contribution is 2.22. The molecule has 3 N–H and O–H groups in total. The number of guanidine groups is 1. The molecule has 0 bridgehead atoms. The molecular weight excluding hydrogens is 266 g/mol. The minimum absolute atomic E-state index is 0.164. The van der Waals surface area contributed by atoms with Gasteiger partial charge in [0.25, 0.3) is 0 Å². The van der Waals surface area contributed by atoms with Gasteiger partial charge in [0.1, 0.15) is 5.75 Å². The minimum Gasteiger partial charge on any atom is -0.427 e. The molecule has 5 heteroatoms. The van der Waals surface area contributed by atoms with Crippen LogP contribution in [0.4, 0.5) is 0 Å². The van der Waals surface area contributed by atoms with Gasteiger partial charge < -0.3 is 15.4 Å². The molecule has 114 valence electrons. The van der Waals surface area contributed by atoms with Crippen molar-refractivity contribution < 1.29 is 9.53 Å². The second-order valence-corrected chi connectivity index (χ2v) is 5.50. The fourth-order valence-electron chi connectivity index (χ4n) is 2.67. The van der Waals surface area contributed by atoms with Crippen molar-refractivity contribution in [3.8, 4) is 5.75 Å². The summed E-state index contributed by atoms with van der Waals surface area (Å²) in [6.45, 7) is 1.71.